The molecule has 1 saturated carbocycles. The Kier molecular flexibility index (Phi) is 5.75. The van der Waals surface area contributed by atoms with Crippen molar-refractivity contribution in [2.45, 2.75) is 64.0 Å². The first-order valence-corrected chi connectivity index (χ1v) is 7.29. The van der Waals surface area contributed by atoms with E-state index in [2.05, 4.69) is 12.2 Å². The fourth-order valence-corrected chi connectivity index (χ4v) is 2.96. The molecule has 2 aliphatic rings. The van der Waals surface area contributed by atoms with Gasteiger partial charge >= 0.3 is 0 Å². The third-order valence-corrected chi connectivity index (χ3v) is 4.25. The molecule has 1 N–H and O–H groups in total. The standard InChI is InChI=1S/C14H27NO2/c1-12(13-6-4-2-3-5-7-13)15-10-14-8-9-16-11-17-14/h12-15H,2-11H2,1H3/t12-,14?/m1/s1. The summed E-state index contributed by atoms with van der Waals surface area (Å²) >= 11 is 0. The first-order chi connectivity index (χ1) is 8.36. The van der Waals surface area contributed by atoms with Crippen LogP contribution in [0.5, 0.6) is 0 Å². The van der Waals surface area contributed by atoms with Crippen molar-refractivity contribution in [1.82, 2.24) is 5.32 Å². The molecule has 0 aromatic carbocycles. The molecule has 0 aromatic rings. The van der Waals surface area contributed by atoms with Gasteiger partial charge in [0.05, 0.1) is 12.7 Å². The zero-order valence-electron chi connectivity index (χ0n) is 11.1. The number of ether oxygens (including phenoxy) is 2. The van der Waals surface area contributed by atoms with Crippen LogP contribution in [-0.4, -0.2) is 32.1 Å². The molecular weight excluding hydrogens is 214 g/mol. The molecule has 0 amide bonds. The third-order valence-electron chi connectivity index (χ3n) is 4.25. The van der Waals surface area contributed by atoms with E-state index in [1.165, 1.54) is 38.5 Å². The van der Waals surface area contributed by atoms with Crippen LogP contribution >= 0.6 is 0 Å². The lowest BCUT2D eigenvalue weighted by Crippen LogP contribution is -2.41. The molecule has 1 aliphatic heterocycles. The summed E-state index contributed by atoms with van der Waals surface area (Å²) in [5.41, 5.74) is 0. The monoisotopic (exact) mass is 241 g/mol. The minimum atomic E-state index is 0.358. The Morgan fingerprint density at radius 1 is 1.12 bits per heavy atom. The maximum atomic E-state index is 5.56. The van der Waals surface area contributed by atoms with Crippen LogP contribution in [0.25, 0.3) is 0 Å². The average Bonchev–Trinajstić information content (AvgIpc) is 2.66. The van der Waals surface area contributed by atoms with Crippen LogP contribution in [0.2, 0.25) is 0 Å². The molecule has 2 atom stereocenters. The molecule has 17 heavy (non-hydrogen) atoms. The SMILES string of the molecule is C[C@@H](NCC1CCOCO1)C1CCCCCC1. The van der Waals surface area contributed by atoms with Gasteiger partial charge in [0.15, 0.2) is 0 Å². The molecule has 0 aromatic heterocycles. The van der Waals surface area contributed by atoms with Gasteiger partial charge in [0.1, 0.15) is 6.79 Å². The zero-order valence-corrected chi connectivity index (χ0v) is 11.1. The lowest BCUT2D eigenvalue weighted by Gasteiger charge is -2.28. The molecule has 1 aliphatic carbocycles. The second-order valence-electron chi connectivity index (χ2n) is 5.55. The van der Waals surface area contributed by atoms with Crippen LogP contribution < -0.4 is 5.32 Å². The Morgan fingerprint density at radius 2 is 1.88 bits per heavy atom. The number of hydrogen-bond acceptors (Lipinski definition) is 3. The lowest BCUT2D eigenvalue weighted by atomic mass is 9.93. The largest absolute Gasteiger partial charge is 0.355 e. The molecule has 100 valence electrons. The summed E-state index contributed by atoms with van der Waals surface area (Å²) < 4.78 is 10.7. The fourth-order valence-electron chi connectivity index (χ4n) is 2.96. The zero-order chi connectivity index (χ0) is 11.9. The van der Waals surface area contributed by atoms with Crippen LogP contribution in [0, 0.1) is 5.92 Å². The van der Waals surface area contributed by atoms with Gasteiger partial charge in [-0.2, -0.15) is 0 Å². The molecule has 3 heteroatoms. The van der Waals surface area contributed by atoms with Crippen molar-refractivity contribution < 1.29 is 9.47 Å². The highest BCUT2D eigenvalue weighted by atomic mass is 16.7. The maximum Gasteiger partial charge on any atom is 0.147 e. The molecule has 2 rings (SSSR count). The van der Waals surface area contributed by atoms with Gasteiger partial charge in [-0.05, 0) is 32.1 Å². The molecule has 0 radical (unpaired) electrons. The van der Waals surface area contributed by atoms with Crippen molar-refractivity contribution in [2.24, 2.45) is 5.92 Å². The third kappa shape index (κ3) is 4.57. The minimum Gasteiger partial charge on any atom is -0.355 e. The predicted octanol–water partition coefficient (Wildman–Crippen LogP) is 2.70. The van der Waals surface area contributed by atoms with Gasteiger partial charge in [0.25, 0.3) is 0 Å². The van der Waals surface area contributed by atoms with Crippen LogP contribution in [0.1, 0.15) is 51.9 Å². The summed E-state index contributed by atoms with van der Waals surface area (Å²) in [7, 11) is 0. The van der Waals surface area contributed by atoms with Gasteiger partial charge in [-0.15, -0.1) is 0 Å². The van der Waals surface area contributed by atoms with Gasteiger partial charge in [0.2, 0.25) is 0 Å². The van der Waals surface area contributed by atoms with Crippen molar-refractivity contribution >= 4 is 0 Å². The van der Waals surface area contributed by atoms with E-state index in [4.69, 9.17) is 9.47 Å². The van der Waals surface area contributed by atoms with E-state index in [1.54, 1.807) is 0 Å². The molecule has 1 unspecified atom stereocenters. The Hall–Kier alpha value is -0.120. The smallest absolute Gasteiger partial charge is 0.147 e. The Morgan fingerprint density at radius 3 is 2.53 bits per heavy atom. The van der Waals surface area contributed by atoms with Crippen molar-refractivity contribution in [1.29, 1.82) is 0 Å². The van der Waals surface area contributed by atoms with Crippen LogP contribution in [0.15, 0.2) is 0 Å². The van der Waals surface area contributed by atoms with E-state index in [-0.39, 0.29) is 0 Å². The van der Waals surface area contributed by atoms with E-state index >= 15 is 0 Å². The van der Waals surface area contributed by atoms with E-state index in [0.717, 1.165) is 25.5 Å². The molecule has 3 nitrogen and oxygen atoms in total. The molecule has 0 spiro atoms. The molecule has 1 saturated heterocycles. The number of rotatable bonds is 4. The predicted molar refractivity (Wildman–Crippen MR) is 69.0 cm³/mol. The van der Waals surface area contributed by atoms with Gasteiger partial charge in [-0.3, -0.25) is 0 Å². The summed E-state index contributed by atoms with van der Waals surface area (Å²) in [6.07, 6.45) is 9.92. The summed E-state index contributed by atoms with van der Waals surface area (Å²) in [4.78, 5) is 0. The van der Waals surface area contributed by atoms with E-state index in [9.17, 15) is 0 Å². The van der Waals surface area contributed by atoms with Crippen LogP contribution in [-0.2, 0) is 9.47 Å². The minimum absolute atomic E-state index is 0.358. The molecule has 0 bridgehead atoms. The Balaban J connectivity index is 1.66. The first-order valence-electron chi connectivity index (χ1n) is 7.29. The summed E-state index contributed by atoms with van der Waals surface area (Å²) in [6.45, 7) is 4.66. The second-order valence-corrected chi connectivity index (χ2v) is 5.55. The van der Waals surface area contributed by atoms with E-state index in [0.29, 0.717) is 18.9 Å². The average molecular weight is 241 g/mol. The van der Waals surface area contributed by atoms with Gasteiger partial charge in [-0.25, -0.2) is 0 Å². The maximum absolute atomic E-state index is 5.56. The summed E-state index contributed by atoms with van der Waals surface area (Å²) in [6, 6.07) is 0.638. The highest BCUT2D eigenvalue weighted by Crippen LogP contribution is 2.25. The Labute approximate surface area is 105 Å². The van der Waals surface area contributed by atoms with Gasteiger partial charge < -0.3 is 14.8 Å². The lowest BCUT2D eigenvalue weighted by molar-refractivity contribution is -0.137. The number of nitrogens with one attached hydrogen (secondary N) is 1. The summed E-state index contributed by atoms with van der Waals surface area (Å²) in [5, 5.41) is 3.67. The normalized spacial score (nSPS) is 29.8. The topological polar surface area (TPSA) is 30.5 Å². The van der Waals surface area contributed by atoms with Crippen molar-refractivity contribution in [3.8, 4) is 0 Å². The molecule has 1 heterocycles. The Bertz CT molecular complexity index is 196. The highest BCUT2D eigenvalue weighted by molar-refractivity contribution is 4.76. The summed E-state index contributed by atoms with van der Waals surface area (Å²) in [5.74, 6) is 0.873. The molecule has 2 fully saturated rings. The van der Waals surface area contributed by atoms with Crippen LogP contribution in [0.3, 0.4) is 0 Å². The molecular formula is C14H27NO2. The quantitative estimate of drug-likeness (QED) is 0.768. The van der Waals surface area contributed by atoms with Crippen LogP contribution in [0.4, 0.5) is 0 Å². The first kappa shape index (κ1) is 13.3. The van der Waals surface area contributed by atoms with Crippen molar-refractivity contribution in [3.63, 3.8) is 0 Å². The van der Waals surface area contributed by atoms with E-state index in [1.807, 2.05) is 0 Å². The fraction of sp³-hybridized carbons (Fsp3) is 1.00. The second kappa shape index (κ2) is 7.34. The van der Waals surface area contributed by atoms with Crippen molar-refractivity contribution in [2.75, 3.05) is 19.9 Å². The van der Waals surface area contributed by atoms with E-state index < -0.39 is 0 Å². The van der Waals surface area contributed by atoms with Crippen molar-refractivity contribution in [3.05, 3.63) is 0 Å². The van der Waals surface area contributed by atoms with Gasteiger partial charge in [0, 0.05) is 12.6 Å². The number of hydrogen-bond donors (Lipinski definition) is 1. The highest BCUT2D eigenvalue weighted by Gasteiger charge is 2.20. The van der Waals surface area contributed by atoms with Gasteiger partial charge in [-0.1, -0.05) is 25.7 Å².